The third-order valence-corrected chi connectivity index (χ3v) is 5.04. The number of hydrogen-bond donors (Lipinski definition) is 2. The first-order valence-electron chi connectivity index (χ1n) is 8.05. The van der Waals surface area contributed by atoms with Crippen LogP contribution in [0.3, 0.4) is 0 Å². The molecule has 2 aromatic carbocycles. The number of anilines is 1. The number of hydrogen-bond acceptors (Lipinski definition) is 6. The number of phenolic OH excluding ortho intramolecular Hbond substituents is 1. The second-order valence-electron chi connectivity index (χ2n) is 5.80. The Balaban J connectivity index is 1.51. The van der Waals surface area contributed by atoms with Crippen LogP contribution in [0.1, 0.15) is 20.9 Å². The quantitative estimate of drug-likeness (QED) is 0.537. The Kier molecular flexibility index (Phi) is 4.70. The van der Waals surface area contributed by atoms with Crippen LogP contribution in [-0.2, 0) is 6.42 Å². The summed E-state index contributed by atoms with van der Waals surface area (Å²) in [5, 5.41) is 23.7. The minimum Gasteiger partial charge on any atom is -0.505 e. The molecule has 1 amide bonds. The maximum absolute atomic E-state index is 12.5. The lowest BCUT2D eigenvalue weighted by Crippen LogP contribution is -2.12. The number of carbonyl (C=O) groups is 1. The van der Waals surface area contributed by atoms with E-state index in [9.17, 15) is 9.90 Å². The standard InChI is InChI=1S/C19H13ClN4O2S/c20-13-6-3-11(4-7-13)10-15-23-24-19(27-15)22-18(26)14-8-5-12-2-1-9-21-16(12)17(14)25/h1-9,25H,10H2,(H,22,24,26). The molecule has 0 aliphatic heterocycles. The van der Waals surface area contributed by atoms with Gasteiger partial charge in [-0.25, -0.2) is 0 Å². The van der Waals surface area contributed by atoms with Crippen LogP contribution in [0.15, 0.2) is 54.7 Å². The number of amides is 1. The predicted molar refractivity (Wildman–Crippen MR) is 106 cm³/mol. The Labute approximate surface area is 163 Å². The Hall–Kier alpha value is -3.03. The van der Waals surface area contributed by atoms with Crippen molar-refractivity contribution in [2.45, 2.75) is 6.42 Å². The van der Waals surface area contributed by atoms with Crippen LogP contribution in [0.5, 0.6) is 5.75 Å². The molecule has 2 aromatic heterocycles. The number of aromatic nitrogens is 3. The molecular formula is C19H13ClN4O2S. The molecule has 0 saturated heterocycles. The number of pyridine rings is 1. The molecule has 4 rings (SSSR count). The topological polar surface area (TPSA) is 88.0 Å². The van der Waals surface area contributed by atoms with Crippen molar-refractivity contribution in [2.75, 3.05) is 5.32 Å². The van der Waals surface area contributed by atoms with Crippen molar-refractivity contribution in [1.82, 2.24) is 15.2 Å². The fraction of sp³-hybridized carbons (Fsp3) is 0.0526. The normalized spacial score (nSPS) is 10.9. The van der Waals surface area contributed by atoms with E-state index >= 15 is 0 Å². The first kappa shape index (κ1) is 17.4. The van der Waals surface area contributed by atoms with E-state index in [1.165, 1.54) is 11.3 Å². The highest BCUT2D eigenvalue weighted by molar-refractivity contribution is 7.15. The summed E-state index contributed by atoms with van der Waals surface area (Å²) in [5.41, 5.74) is 1.56. The van der Waals surface area contributed by atoms with E-state index in [2.05, 4.69) is 20.5 Å². The van der Waals surface area contributed by atoms with Gasteiger partial charge in [0.15, 0.2) is 5.75 Å². The highest BCUT2D eigenvalue weighted by Gasteiger charge is 2.16. The molecule has 0 spiro atoms. The zero-order valence-electron chi connectivity index (χ0n) is 13.9. The number of nitrogens with zero attached hydrogens (tertiary/aromatic N) is 3. The monoisotopic (exact) mass is 396 g/mol. The van der Waals surface area contributed by atoms with E-state index in [0.29, 0.717) is 22.1 Å². The lowest BCUT2D eigenvalue weighted by atomic mass is 10.1. The molecule has 2 N–H and O–H groups in total. The average molecular weight is 397 g/mol. The van der Waals surface area contributed by atoms with Crippen molar-refractivity contribution < 1.29 is 9.90 Å². The third-order valence-electron chi connectivity index (χ3n) is 3.95. The van der Waals surface area contributed by atoms with Crippen LogP contribution in [0.2, 0.25) is 5.02 Å². The van der Waals surface area contributed by atoms with Crippen LogP contribution < -0.4 is 5.32 Å². The molecule has 0 radical (unpaired) electrons. The second kappa shape index (κ2) is 7.30. The molecule has 0 unspecified atom stereocenters. The van der Waals surface area contributed by atoms with Gasteiger partial charge in [0.1, 0.15) is 10.5 Å². The van der Waals surface area contributed by atoms with Gasteiger partial charge in [-0.3, -0.25) is 15.1 Å². The number of benzene rings is 2. The molecule has 0 aliphatic carbocycles. The summed E-state index contributed by atoms with van der Waals surface area (Å²) in [5.74, 6) is -0.620. The number of fused-ring (bicyclic) bond motifs is 1. The van der Waals surface area contributed by atoms with E-state index in [4.69, 9.17) is 11.6 Å². The smallest absolute Gasteiger partial charge is 0.261 e. The Morgan fingerprint density at radius 3 is 2.74 bits per heavy atom. The van der Waals surface area contributed by atoms with Crippen LogP contribution in [-0.4, -0.2) is 26.2 Å². The van der Waals surface area contributed by atoms with Gasteiger partial charge in [0.05, 0.1) is 5.56 Å². The van der Waals surface area contributed by atoms with Gasteiger partial charge in [0.25, 0.3) is 5.91 Å². The molecule has 0 fully saturated rings. The van der Waals surface area contributed by atoms with Crippen molar-refractivity contribution in [3.63, 3.8) is 0 Å². The SMILES string of the molecule is O=C(Nc1nnc(Cc2ccc(Cl)cc2)s1)c1ccc2cccnc2c1O. The van der Waals surface area contributed by atoms with E-state index in [1.807, 2.05) is 30.3 Å². The number of halogens is 1. The molecule has 0 aliphatic rings. The van der Waals surface area contributed by atoms with Gasteiger partial charge in [-0.15, -0.1) is 10.2 Å². The first-order chi connectivity index (χ1) is 13.1. The summed E-state index contributed by atoms with van der Waals surface area (Å²) in [6.07, 6.45) is 2.16. The highest BCUT2D eigenvalue weighted by Crippen LogP contribution is 2.28. The summed E-state index contributed by atoms with van der Waals surface area (Å²) >= 11 is 7.17. The highest BCUT2D eigenvalue weighted by atomic mass is 35.5. The predicted octanol–water partition coefficient (Wildman–Crippen LogP) is 4.29. The largest absolute Gasteiger partial charge is 0.505 e. The second-order valence-corrected chi connectivity index (χ2v) is 7.29. The van der Waals surface area contributed by atoms with Gasteiger partial charge in [0.2, 0.25) is 5.13 Å². The minimum atomic E-state index is -0.464. The first-order valence-corrected chi connectivity index (χ1v) is 9.24. The zero-order chi connectivity index (χ0) is 18.8. The maximum Gasteiger partial charge on any atom is 0.261 e. The van der Waals surface area contributed by atoms with Gasteiger partial charge < -0.3 is 5.11 Å². The summed E-state index contributed by atoms with van der Waals surface area (Å²) in [4.78, 5) is 16.6. The fourth-order valence-corrected chi connectivity index (χ4v) is 3.52. The molecule has 2 heterocycles. The van der Waals surface area contributed by atoms with E-state index in [0.717, 1.165) is 16.0 Å². The zero-order valence-corrected chi connectivity index (χ0v) is 15.5. The number of carbonyl (C=O) groups excluding carboxylic acids is 1. The average Bonchev–Trinajstić information content (AvgIpc) is 3.11. The summed E-state index contributed by atoms with van der Waals surface area (Å²) in [6.45, 7) is 0. The van der Waals surface area contributed by atoms with E-state index < -0.39 is 5.91 Å². The lowest BCUT2D eigenvalue weighted by Gasteiger charge is -2.06. The fourth-order valence-electron chi connectivity index (χ4n) is 2.63. The molecule has 0 bridgehead atoms. The third kappa shape index (κ3) is 3.74. The van der Waals surface area contributed by atoms with Crippen molar-refractivity contribution in [2.24, 2.45) is 0 Å². The Morgan fingerprint density at radius 1 is 1.11 bits per heavy atom. The maximum atomic E-state index is 12.5. The van der Waals surface area contributed by atoms with Gasteiger partial charge in [0, 0.05) is 23.0 Å². The van der Waals surface area contributed by atoms with E-state index in [-0.39, 0.29) is 11.3 Å². The number of phenols is 1. The van der Waals surface area contributed by atoms with Gasteiger partial charge in [-0.1, -0.05) is 47.2 Å². The Morgan fingerprint density at radius 2 is 1.93 bits per heavy atom. The van der Waals surface area contributed by atoms with Gasteiger partial charge in [-0.2, -0.15) is 0 Å². The number of rotatable bonds is 4. The van der Waals surface area contributed by atoms with Crippen molar-refractivity contribution in [3.05, 3.63) is 75.9 Å². The Bertz CT molecular complexity index is 1130. The molecule has 134 valence electrons. The van der Waals surface area contributed by atoms with Crippen LogP contribution >= 0.6 is 22.9 Å². The van der Waals surface area contributed by atoms with Gasteiger partial charge in [-0.05, 0) is 29.8 Å². The molecule has 8 heteroatoms. The summed E-state index contributed by atoms with van der Waals surface area (Å²) in [7, 11) is 0. The molecule has 27 heavy (non-hydrogen) atoms. The molecule has 6 nitrogen and oxygen atoms in total. The molecule has 4 aromatic rings. The molecule has 0 saturated carbocycles. The van der Waals surface area contributed by atoms with Crippen LogP contribution in [0, 0.1) is 0 Å². The van der Waals surface area contributed by atoms with Crippen molar-refractivity contribution in [3.8, 4) is 5.75 Å². The van der Waals surface area contributed by atoms with Crippen LogP contribution in [0.25, 0.3) is 10.9 Å². The van der Waals surface area contributed by atoms with E-state index in [1.54, 1.807) is 24.4 Å². The van der Waals surface area contributed by atoms with Gasteiger partial charge >= 0.3 is 0 Å². The van der Waals surface area contributed by atoms with Crippen molar-refractivity contribution in [1.29, 1.82) is 0 Å². The number of nitrogens with one attached hydrogen (secondary N) is 1. The molecular weight excluding hydrogens is 384 g/mol. The minimum absolute atomic E-state index is 0.135. The summed E-state index contributed by atoms with van der Waals surface area (Å²) in [6, 6.07) is 14.4. The lowest BCUT2D eigenvalue weighted by molar-refractivity contribution is 0.102. The summed E-state index contributed by atoms with van der Waals surface area (Å²) < 4.78 is 0. The van der Waals surface area contributed by atoms with Crippen LogP contribution in [0.4, 0.5) is 5.13 Å². The molecule has 0 atom stereocenters. The number of aromatic hydroxyl groups is 1. The van der Waals surface area contributed by atoms with Crippen molar-refractivity contribution >= 4 is 44.9 Å².